The summed E-state index contributed by atoms with van der Waals surface area (Å²) in [6.07, 6.45) is 11.3. The minimum Gasteiger partial charge on any atom is -0.497 e. The number of fused-ring (bicyclic) bond motifs is 1. The molecule has 2 nitrogen and oxygen atoms in total. The second-order valence-corrected chi connectivity index (χ2v) is 8.49. The Morgan fingerprint density at radius 3 is 2.91 bits per heavy atom. The van der Waals surface area contributed by atoms with Gasteiger partial charge in [-0.2, -0.15) is 0 Å². The van der Waals surface area contributed by atoms with E-state index >= 15 is 0 Å². The number of methoxy groups -OCH3 is 1. The highest BCUT2D eigenvalue weighted by Crippen LogP contribution is 2.56. The molecule has 2 bridgehead atoms. The van der Waals surface area contributed by atoms with Gasteiger partial charge in [-0.3, -0.25) is 4.90 Å². The van der Waals surface area contributed by atoms with Crippen LogP contribution < -0.4 is 4.74 Å². The van der Waals surface area contributed by atoms with E-state index in [1.165, 1.54) is 64.5 Å². The molecule has 3 aliphatic carbocycles. The molecule has 0 amide bonds. The fraction of sp³-hybridized carbons (Fsp3) is 0.714. The number of likely N-dealkylation sites (tertiary alicyclic amines) is 1. The maximum absolute atomic E-state index is 5.57. The first-order chi connectivity index (χ1) is 11.3. The van der Waals surface area contributed by atoms with Crippen LogP contribution >= 0.6 is 0 Å². The Kier molecular flexibility index (Phi) is 3.27. The summed E-state index contributed by atoms with van der Waals surface area (Å²) in [5.74, 6) is 2.97. The van der Waals surface area contributed by atoms with Crippen molar-refractivity contribution in [2.45, 2.75) is 62.8 Å². The molecule has 0 N–H and O–H groups in total. The lowest BCUT2D eigenvalue weighted by molar-refractivity contribution is -0.0134. The van der Waals surface area contributed by atoms with E-state index in [9.17, 15) is 0 Å². The van der Waals surface area contributed by atoms with Gasteiger partial charge in [-0.15, -0.1) is 0 Å². The van der Waals surface area contributed by atoms with Gasteiger partial charge in [0, 0.05) is 18.0 Å². The van der Waals surface area contributed by atoms with E-state index in [0.717, 1.165) is 23.6 Å². The Labute approximate surface area is 140 Å². The van der Waals surface area contributed by atoms with Crippen LogP contribution in [0.3, 0.4) is 0 Å². The van der Waals surface area contributed by atoms with Crippen molar-refractivity contribution in [2.75, 3.05) is 20.2 Å². The van der Waals surface area contributed by atoms with E-state index in [2.05, 4.69) is 23.1 Å². The SMILES string of the molecule is COc1ccc2c(c1)[C@@]13CCCC[C@H]1[C@@H](C2)N(CC1CC1)CC3. The molecule has 2 heteroatoms. The zero-order chi connectivity index (χ0) is 15.4. The summed E-state index contributed by atoms with van der Waals surface area (Å²) in [5.41, 5.74) is 3.74. The van der Waals surface area contributed by atoms with Gasteiger partial charge >= 0.3 is 0 Å². The van der Waals surface area contributed by atoms with Crippen molar-refractivity contribution in [1.82, 2.24) is 4.90 Å². The summed E-state index contributed by atoms with van der Waals surface area (Å²) in [6.45, 7) is 2.71. The lowest BCUT2D eigenvalue weighted by Crippen LogP contribution is -2.61. The third-order valence-corrected chi connectivity index (χ3v) is 7.35. The summed E-state index contributed by atoms with van der Waals surface area (Å²) in [5, 5.41) is 0. The number of piperidine rings is 1. The second-order valence-electron chi connectivity index (χ2n) is 8.49. The molecule has 1 saturated heterocycles. The molecule has 124 valence electrons. The van der Waals surface area contributed by atoms with Gasteiger partial charge in [-0.1, -0.05) is 18.9 Å². The predicted octanol–water partition coefficient (Wildman–Crippen LogP) is 4.16. The molecule has 1 heterocycles. The molecule has 23 heavy (non-hydrogen) atoms. The molecule has 0 spiro atoms. The Balaban J connectivity index is 1.57. The molecular formula is C21H29NO. The van der Waals surface area contributed by atoms with E-state index in [1.54, 1.807) is 11.1 Å². The van der Waals surface area contributed by atoms with Crippen LogP contribution in [0.1, 0.15) is 56.1 Å². The van der Waals surface area contributed by atoms with Crippen LogP contribution in [-0.2, 0) is 11.8 Å². The van der Waals surface area contributed by atoms with Crippen molar-refractivity contribution in [3.8, 4) is 5.75 Å². The maximum atomic E-state index is 5.57. The third-order valence-electron chi connectivity index (χ3n) is 7.35. The molecule has 1 aromatic carbocycles. The number of nitrogens with zero attached hydrogens (tertiary/aromatic N) is 1. The van der Waals surface area contributed by atoms with Crippen LogP contribution in [0.5, 0.6) is 5.75 Å². The molecule has 0 unspecified atom stereocenters. The normalized spacial score (nSPS) is 36.2. The minimum absolute atomic E-state index is 0.463. The fourth-order valence-electron chi connectivity index (χ4n) is 6.05. The Bertz CT molecular complexity index is 608. The van der Waals surface area contributed by atoms with Gasteiger partial charge in [-0.25, -0.2) is 0 Å². The molecule has 2 saturated carbocycles. The summed E-state index contributed by atoms with van der Waals surface area (Å²) >= 11 is 0. The van der Waals surface area contributed by atoms with Crippen molar-refractivity contribution in [3.63, 3.8) is 0 Å². The first-order valence-electron chi connectivity index (χ1n) is 9.71. The molecule has 4 aliphatic rings. The van der Waals surface area contributed by atoms with Crippen LogP contribution in [0.25, 0.3) is 0 Å². The van der Waals surface area contributed by atoms with Gasteiger partial charge in [0.05, 0.1) is 7.11 Å². The smallest absolute Gasteiger partial charge is 0.119 e. The largest absolute Gasteiger partial charge is 0.497 e. The zero-order valence-corrected chi connectivity index (χ0v) is 14.4. The first-order valence-corrected chi connectivity index (χ1v) is 9.71. The molecule has 5 rings (SSSR count). The van der Waals surface area contributed by atoms with E-state index < -0.39 is 0 Å². The van der Waals surface area contributed by atoms with E-state index in [1.807, 2.05) is 7.11 Å². The van der Waals surface area contributed by atoms with E-state index in [-0.39, 0.29) is 0 Å². The number of rotatable bonds is 3. The number of ether oxygens (including phenoxy) is 1. The van der Waals surface area contributed by atoms with Gasteiger partial charge in [0.1, 0.15) is 5.75 Å². The van der Waals surface area contributed by atoms with Crippen LogP contribution in [0.15, 0.2) is 18.2 Å². The van der Waals surface area contributed by atoms with Gasteiger partial charge in [0.25, 0.3) is 0 Å². The topological polar surface area (TPSA) is 12.5 Å². The molecule has 3 atom stereocenters. The molecule has 1 aromatic rings. The van der Waals surface area contributed by atoms with Crippen molar-refractivity contribution in [1.29, 1.82) is 0 Å². The Morgan fingerprint density at radius 1 is 1.17 bits per heavy atom. The second kappa shape index (κ2) is 5.24. The van der Waals surface area contributed by atoms with Crippen molar-refractivity contribution in [2.24, 2.45) is 11.8 Å². The monoisotopic (exact) mass is 311 g/mol. The number of benzene rings is 1. The molecular weight excluding hydrogens is 282 g/mol. The highest BCUT2D eigenvalue weighted by atomic mass is 16.5. The Hall–Kier alpha value is -1.02. The van der Waals surface area contributed by atoms with E-state index in [4.69, 9.17) is 4.74 Å². The number of hydrogen-bond acceptors (Lipinski definition) is 2. The van der Waals surface area contributed by atoms with Crippen molar-refractivity contribution < 1.29 is 4.74 Å². The summed E-state index contributed by atoms with van der Waals surface area (Å²) < 4.78 is 5.57. The minimum atomic E-state index is 0.463. The zero-order valence-electron chi connectivity index (χ0n) is 14.4. The molecule has 1 aliphatic heterocycles. The quantitative estimate of drug-likeness (QED) is 0.831. The van der Waals surface area contributed by atoms with Crippen LogP contribution in [-0.4, -0.2) is 31.1 Å². The highest BCUT2D eigenvalue weighted by Gasteiger charge is 2.54. The van der Waals surface area contributed by atoms with Crippen LogP contribution in [0.4, 0.5) is 0 Å². The van der Waals surface area contributed by atoms with Gasteiger partial charge in [0.15, 0.2) is 0 Å². The van der Waals surface area contributed by atoms with Gasteiger partial charge in [0.2, 0.25) is 0 Å². The average molecular weight is 311 g/mol. The summed E-state index contributed by atoms with van der Waals surface area (Å²) in [4.78, 5) is 2.89. The fourth-order valence-corrected chi connectivity index (χ4v) is 6.05. The lowest BCUT2D eigenvalue weighted by atomic mass is 9.52. The summed E-state index contributed by atoms with van der Waals surface area (Å²) in [7, 11) is 1.81. The van der Waals surface area contributed by atoms with Crippen molar-refractivity contribution >= 4 is 0 Å². The number of hydrogen-bond donors (Lipinski definition) is 0. The highest BCUT2D eigenvalue weighted by molar-refractivity contribution is 5.45. The Morgan fingerprint density at radius 2 is 2.09 bits per heavy atom. The molecule has 0 radical (unpaired) electrons. The standard InChI is InChI=1S/C21H29NO/c1-23-17-8-7-16-12-20-18-4-2-3-9-21(18,19(16)13-17)10-11-22(20)14-15-5-6-15/h7-8,13,15,18,20H,2-6,9-12,14H2,1H3/t18-,20+,21+/m0/s1. The predicted molar refractivity (Wildman–Crippen MR) is 93.0 cm³/mol. The van der Waals surface area contributed by atoms with Crippen LogP contribution in [0, 0.1) is 11.8 Å². The van der Waals surface area contributed by atoms with Gasteiger partial charge < -0.3 is 4.74 Å². The third kappa shape index (κ3) is 2.17. The van der Waals surface area contributed by atoms with Crippen molar-refractivity contribution in [3.05, 3.63) is 29.3 Å². The van der Waals surface area contributed by atoms with E-state index in [0.29, 0.717) is 5.41 Å². The maximum Gasteiger partial charge on any atom is 0.119 e. The average Bonchev–Trinajstić information content (AvgIpc) is 3.41. The van der Waals surface area contributed by atoms with Gasteiger partial charge in [-0.05, 0) is 80.2 Å². The molecule has 0 aromatic heterocycles. The lowest BCUT2D eigenvalue weighted by Gasteiger charge is -2.59. The van der Waals surface area contributed by atoms with Crippen LogP contribution in [0.2, 0.25) is 0 Å². The summed E-state index contributed by atoms with van der Waals surface area (Å²) in [6, 6.07) is 7.75. The molecule has 3 fully saturated rings. The first kappa shape index (κ1) is 14.3.